The number of carbonyl (C=O) groups is 4. The Morgan fingerprint density at radius 3 is 2.05 bits per heavy atom. The highest BCUT2D eigenvalue weighted by molar-refractivity contribution is 6.06. The van der Waals surface area contributed by atoms with E-state index in [1.165, 1.54) is 21.0 Å². The molecule has 4 amide bonds. The number of hydrogen-bond donors (Lipinski definition) is 5. The maximum atomic E-state index is 14.2. The Morgan fingerprint density at radius 2 is 1.37 bits per heavy atom. The van der Waals surface area contributed by atoms with Gasteiger partial charge in [0.25, 0.3) is 5.91 Å². The second kappa shape index (κ2) is 17.5. The lowest BCUT2D eigenvalue weighted by Crippen LogP contribution is -2.51. The maximum absolute atomic E-state index is 14.2. The number of nitrogens with zero attached hydrogens (tertiary/aromatic N) is 4. The summed E-state index contributed by atoms with van der Waals surface area (Å²) in [6.45, 7) is 7.73. The van der Waals surface area contributed by atoms with Crippen molar-refractivity contribution < 1.29 is 29.0 Å². The van der Waals surface area contributed by atoms with Crippen LogP contribution >= 0.6 is 0 Å². The molecule has 4 heterocycles. The van der Waals surface area contributed by atoms with E-state index >= 15 is 0 Å². The molecule has 14 heteroatoms. The molecule has 2 fully saturated rings. The van der Waals surface area contributed by atoms with E-state index < -0.39 is 29.7 Å². The molecule has 5 aromatic carbocycles. The lowest BCUT2D eigenvalue weighted by Gasteiger charge is -2.30. The summed E-state index contributed by atoms with van der Waals surface area (Å²) in [6.07, 6.45) is 4.31. The molecule has 2 aliphatic rings. The average Bonchev–Trinajstić information content (AvgIpc) is 4.15. The molecular weight excluding hydrogens is 821 g/mol. The highest BCUT2D eigenvalue weighted by Crippen LogP contribution is 2.37. The average molecular weight is 875 g/mol. The first-order valence-electron chi connectivity index (χ1n) is 22.3. The Kier molecular flexibility index (Phi) is 11.6. The number of rotatable bonds is 11. The largest absolute Gasteiger partial charge is 0.453 e. The summed E-state index contributed by atoms with van der Waals surface area (Å²) in [5, 5.41) is 20.1. The molecule has 0 bridgehead atoms. The van der Waals surface area contributed by atoms with Crippen molar-refractivity contribution in [3.8, 4) is 22.4 Å². The molecule has 2 saturated heterocycles. The molecule has 4 unspecified atom stereocenters. The van der Waals surface area contributed by atoms with Crippen LogP contribution in [0.5, 0.6) is 0 Å². The number of hydrogen-bond acceptors (Lipinski definition) is 8. The summed E-state index contributed by atoms with van der Waals surface area (Å²) < 4.78 is 4.80. The van der Waals surface area contributed by atoms with E-state index in [-0.39, 0.29) is 29.8 Å². The summed E-state index contributed by atoms with van der Waals surface area (Å²) >= 11 is 0. The third kappa shape index (κ3) is 8.53. The van der Waals surface area contributed by atoms with Crippen LogP contribution in [0.15, 0.2) is 103 Å². The quantitative estimate of drug-likeness (QED) is 0.0860. The van der Waals surface area contributed by atoms with Crippen molar-refractivity contribution in [2.24, 2.45) is 5.92 Å². The molecule has 14 nitrogen and oxygen atoms in total. The number of ether oxygens (including phenoxy) is 1. The second-order valence-electron chi connectivity index (χ2n) is 18.1. The molecule has 0 aliphatic carbocycles. The van der Waals surface area contributed by atoms with E-state index in [0.29, 0.717) is 24.5 Å². The van der Waals surface area contributed by atoms with Crippen LogP contribution in [0.2, 0.25) is 0 Å². The summed E-state index contributed by atoms with van der Waals surface area (Å²) in [4.78, 5) is 73.3. The number of fused-ring (bicyclic) bond motifs is 4. The summed E-state index contributed by atoms with van der Waals surface area (Å²) in [5.41, 5.74) is 4.71. The molecule has 334 valence electrons. The van der Waals surface area contributed by atoms with Crippen LogP contribution in [0.3, 0.4) is 0 Å². The maximum Gasteiger partial charge on any atom is 0.407 e. The van der Waals surface area contributed by atoms with Crippen molar-refractivity contribution in [1.82, 2.24) is 40.4 Å². The topological polar surface area (TPSA) is 186 Å². The molecule has 7 aromatic rings. The van der Waals surface area contributed by atoms with Crippen LogP contribution in [-0.2, 0) is 19.1 Å². The highest BCUT2D eigenvalue weighted by Gasteiger charge is 2.40. The van der Waals surface area contributed by atoms with Gasteiger partial charge in [0.15, 0.2) is 0 Å². The third-order valence-corrected chi connectivity index (χ3v) is 12.9. The molecule has 0 radical (unpaired) electrons. The Bertz CT molecular complexity index is 2940. The van der Waals surface area contributed by atoms with Crippen LogP contribution in [0.1, 0.15) is 88.7 Å². The molecule has 65 heavy (non-hydrogen) atoms. The first-order valence-corrected chi connectivity index (χ1v) is 22.3. The van der Waals surface area contributed by atoms with Crippen molar-refractivity contribution >= 4 is 56.4 Å². The minimum atomic E-state index is -1.65. The van der Waals surface area contributed by atoms with Gasteiger partial charge in [-0.1, -0.05) is 86.6 Å². The molecule has 0 saturated carbocycles. The van der Waals surface area contributed by atoms with E-state index in [9.17, 15) is 24.3 Å². The fourth-order valence-electron chi connectivity index (χ4n) is 9.32. The van der Waals surface area contributed by atoms with Gasteiger partial charge in [0.2, 0.25) is 11.8 Å². The second-order valence-corrected chi connectivity index (χ2v) is 18.1. The van der Waals surface area contributed by atoms with Gasteiger partial charge >= 0.3 is 6.09 Å². The van der Waals surface area contributed by atoms with Gasteiger partial charge in [-0.3, -0.25) is 14.4 Å². The Hall–Kier alpha value is -7.06. The van der Waals surface area contributed by atoms with E-state index in [1.54, 1.807) is 17.0 Å². The molecule has 2 aliphatic heterocycles. The third-order valence-electron chi connectivity index (χ3n) is 12.9. The van der Waals surface area contributed by atoms with Crippen LogP contribution in [-0.4, -0.2) is 90.5 Å². The number of H-pyrrole nitrogens is 2. The number of alkyl carbamates (subject to hydrolysis) is 1. The summed E-state index contributed by atoms with van der Waals surface area (Å²) in [7, 11) is 1.29. The first kappa shape index (κ1) is 43.2. The van der Waals surface area contributed by atoms with Gasteiger partial charge < -0.3 is 40.2 Å². The van der Waals surface area contributed by atoms with E-state index in [0.717, 1.165) is 86.5 Å². The molecule has 4 atom stereocenters. The van der Waals surface area contributed by atoms with Crippen LogP contribution in [0.4, 0.5) is 4.79 Å². The van der Waals surface area contributed by atoms with Gasteiger partial charge in [-0.15, -0.1) is 0 Å². The number of imidazole rings is 2. The van der Waals surface area contributed by atoms with Crippen LogP contribution in [0, 0.1) is 5.92 Å². The van der Waals surface area contributed by atoms with Crippen LogP contribution < -0.4 is 10.6 Å². The number of aliphatic hydroxyl groups is 1. The molecule has 0 spiro atoms. The van der Waals surface area contributed by atoms with Crippen molar-refractivity contribution in [3.63, 3.8) is 0 Å². The molecule has 9 rings (SSSR count). The summed E-state index contributed by atoms with van der Waals surface area (Å²) in [5.74, 6) is 0.287. The zero-order valence-electron chi connectivity index (χ0n) is 37.2. The number of amides is 4. The number of carbonyl (C=O) groups excluding carboxylic acids is 4. The zero-order chi connectivity index (χ0) is 45.6. The molecular formula is C51H54N8O6. The normalized spacial score (nSPS) is 17.5. The number of likely N-dealkylation sites (tertiary alicyclic amines) is 2. The number of methoxy groups -OCH3 is 1. The lowest BCUT2D eigenvalue weighted by molar-refractivity contribution is -0.143. The van der Waals surface area contributed by atoms with Gasteiger partial charge in [-0.05, 0) is 103 Å². The predicted octanol–water partition coefficient (Wildman–Crippen LogP) is 8.26. The fraction of sp³-hybridized carbons (Fsp3) is 0.333. The minimum absolute atomic E-state index is 0.117. The van der Waals surface area contributed by atoms with E-state index in [2.05, 4.69) is 81.3 Å². The number of nitrogens with one attached hydrogen (secondary N) is 4. The number of aromatic nitrogens is 4. The van der Waals surface area contributed by atoms with Crippen molar-refractivity contribution in [3.05, 3.63) is 120 Å². The Balaban J connectivity index is 0.922. The zero-order valence-corrected chi connectivity index (χ0v) is 37.2. The Morgan fingerprint density at radius 1 is 0.754 bits per heavy atom. The Labute approximate surface area is 376 Å². The van der Waals surface area contributed by atoms with Crippen molar-refractivity contribution in [2.45, 2.75) is 83.1 Å². The van der Waals surface area contributed by atoms with E-state index in [1.807, 2.05) is 49.2 Å². The van der Waals surface area contributed by atoms with Gasteiger partial charge in [0, 0.05) is 24.0 Å². The standard InChI is InChI=1S/C51H54N8O6/c1-29(2)42(57-50(63)65-5)47(60)59-24-10-14-41(59)46-53-38-22-20-35-26-34(19-21-37(35)44(38)55-46)31-15-16-33-27-36(18-17-32(33)25-31)39-28-52-45(54-39)40-13-9-23-58(40)48(61)43(30-11-7-6-8-12-30)56-49(62)51(3,4)64/h6-8,11-12,15-22,25-29,40-43,64H,9-10,13-14,23-24H2,1-5H3,(H,52,54)(H,53,55)(H,56,62)(H,57,63). The predicted molar refractivity (Wildman–Crippen MR) is 249 cm³/mol. The lowest BCUT2D eigenvalue weighted by atomic mass is 9.97. The first-order chi connectivity index (χ1) is 31.3. The molecule has 5 N–H and O–H groups in total. The van der Waals surface area contributed by atoms with Crippen LogP contribution in [0.25, 0.3) is 55.0 Å². The minimum Gasteiger partial charge on any atom is -0.453 e. The van der Waals surface area contributed by atoms with Crippen molar-refractivity contribution in [1.29, 1.82) is 0 Å². The fourth-order valence-corrected chi connectivity index (χ4v) is 9.32. The van der Waals surface area contributed by atoms with Gasteiger partial charge in [0.1, 0.15) is 29.3 Å². The van der Waals surface area contributed by atoms with Crippen molar-refractivity contribution in [2.75, 3.05) is 20.2 Å². The molecule has 2 aromatic heterocycles. The highest BCUT2D eigenvalue weighted by atomic mass is 16.5. The monoisotopic (exact) mass is 874 g/mol. The van der Waals surface area contributed by atoms with Gasteiger partial charge in [0.05, 0.1) is 42.1 Å². The SMILES string of the molecule is COC(=O)NC(C(=O)N1CCCC1c1nc2c(ccc3cc(-c4ccc5cc(-c6cnc(C7CCCN7C(=O)C(NC(=O)C(C)(C)O)c7ccccc7)[nH]6)ccc5c4)ccc32)[nH]1)C(C)C. The summed E-state index contributed by atoms with van der Waals surface area (Å²) in [6, 6.07) is 30.2. The van der Waals surface area contributed by atoms with Gasteiger partial charge in [-0.2, -0.15) is 0 Å². The number of aromatic amines is 2. The van der Waals surface area contributed by atoms with E-state index in [4.69, 9.17) is 14.7 Å². The number of benzene rings is 5. The smallest absolute Gasteiger partial charge is 0.407 e. The van der Waals surface area contributed by atoms with Gasteiger partial charge in [-0.25, -0.2) is 14.8 Å².